The van der Waals surface area contributed by atoms with Gasteiger partial charge in [-0.2, -0.15) is 10.2 Å². The van der Waals surface area contributed by atoms with E-state index in [2.05, 4.69) is 20.5 Å². The van der Waals surface area contributed by atoms with E-state index in [4.69, 9.17) is 0 Å². The number of aromatic nitrogens is 4. The number of hydrogen-bond acceptors (Lipinski definition) is 6. The predicted octanol–water partition coefficient (Wildman–Crippen LogP) is 2.69. The van der Waals surface area contributed by atoms with Crippen molar-refractivity contribution >= 4 is 11.8 Å². The second kappa shape index (κ2) is 10.8. The molecule has 1 aromatic carbocycles. The Morgan fingerprint density at radius 1 is 1.14 bits per heavy atom. The molecule has 1 aliphatic rings. The Bertz CT molecular complexity index is 1150. The van der Waals surface area contributed by atoms with Crippen molar-refractivity contribution in [2.45, 2.75) is 51.7 Å². The van der Waals surface area contributed by atoms with Crippen LogP contribution in [0.4, 0.5) is 0 Å². The third kappa shape index (κ3) is 5.40. The highest BCUT2D eigenvalue weighted by Crippen LogP contribution is 2.28. The molecule has 0 bridgehead atoms. The number of hydrogen-bond donors (Lipinski definition) is 2. The first kappa shape index (κ1) is 24.5. The monoisotopic (exact) mass is 476 g/mol. The van der Waals surface area contributed by atoms with E-state index in [9.17, 15) is 14.7 Å². The quantitative estimate of drug-likeness (QED) is 0.517. The molecule has 2 aromatic heterocycles. The summed E-state index contributed by atoms with van der Waals surface area (Å²) in [5.41, 5.74) is 3.53. The van der Waals surface area contributed by atoms with Crippen LogP contribution in [0.2, 0.25) is 0 Å². The molecule has 35 heavy (non-hydrogen) atoms. The third-order valence-corrected chi connectivity index (χ3v) is 6.50. The lowest BCUT2D eigenvalue weighted by Gasteiger charge is -2.31. The molecule has 1 aliphatic heterocycles. The van der Waals surface area contributed by atoms with Gasteiger partial charge in [0.2, 0.25) is 11.8 Å². The number of nitrogens with zero attached hydrogens (tertiary/aromatic N) is 5. The van der Waals surface area contributed by atoms with E-state index in [1.54, 1.807) is 23.6 Å². The van der Waals surface area contributed by atoms with Gasteiger partial charge < -0.3 is 19.9 Å². The molecule has 3 aromatic rings. The van der Waals surface area contributed by atoms with Crippen LogP contribution in [0.5, 0.6) is 0 Å². The number of aliphatic hydroxyl groups is 1. The standard InChI is InChI=1S/C26H32N6O3/c1-17(2)24(31-14-18(3)27-16-31)26(35)32-12-4-5-23(32)25(34)30-22(15-33)20-8-6-19(7-9-20)21-10-11-28-29-13-21/h6-11,13-14,16-17,22-24,33H,4-5,12,15H2,1-3H3,(H,30,34)/t22-,23-,24-/m0/s1. The highest BCUT2D eigenvalue weighted by Gasteiger charge is 2.39. The second-order valence-electron chi connectivity index (χ2n) is 9.34. The number of imidazole rings is 1. The molecular weight excluding hydrogens is 444 g/mol. The summed E-state index contributed by atoms with van der Waals surface area (Å²) >= 11 is 0. The Morgan fingerprint density at radius 3 is 2.51 bits per heavy atom. The summed E-state index contributed by atoms with van der Waals surface area (Å²) in [6, 6.07) is 7.92. The first-order valence-corrected chi connectivity index (χ1v) is 12.0. The maximum atomic E-state index is 13.5. The number of nitrogens with one attached hydrogen (secondary N) is 1. The molecular formula is C26H32N6O3. The van der Waals surface area contributed by atoms with Crippen LogP contribution in [-0.2, 0) is 9.59 Å². The summed E-state index contributed by atoms with van der Waals surface area (Å²) < 4.78 is 1.84. The Hall–Kier alpha value is -3.59. The Balaban J connectivity index is 1.47. The van der Waals surface area contributed by atoms with Gasteiger partial charge in [-0.15, -0.1) is 0 Å². The van der Waals surface area contributed by atoms with Crippen molar-refractivity contribution in [3.05, 3.63) is 66.5 Å². The van der Waals surface area contributed by atoms with Crippen LogP contribution in [0.3, 0.4) is 0 Å². The molecule has 0 saturated carbocycles. The van der Waals surface area contributed by atoms with Crippen molar-refractivity contribution in [2.75, 3.05) is 13.2 Å². The summed E-state index contributed by atoms with van der Waals surface area (Å²) in [7, 11) is 0. The fourth-order valence-corrected chi connectivity index (χ4v) is 4.69. The van der Waals surface area contributed by atoms with Crippen LogP contribution in [0.25, 0.3) is 11.1 Å². The highest BCUT2D eigenvalue weighted by molar-refractivity contribution is 5.90. The van der Waals surface area contributed by atoms with Crippen molar-refractivity contribution < 1.29 is 14.7 Å². The summed E-state index contributed by atoms with van der Waals surface area (Å²) in [6.07, 6.45) is 8.21. The van der Waals surface area contributed by atoms with Crippen molar-refractivity contribution in [1.82, 2.24) is 30.0 Å². The van der Waals surface area contributed by atoms with Crippen LogP contribution < -0.4 is 5.32 Å². The lowest BCUT2D eigenvalue weighted by molar-refractivity contribution is -0.142. The van der Waals surface area contributed by atoms with Gasteiger partial charge in [0.25, 0.3) is 0 Å². The lowest BCUT2D eigenvalue weighted by Crippen LogP contribution is -2.49. The molecule has 1 fully saturated rings. The average molecular weight is 477 g/mol. The molecule has 9 nitrogen and oxygen atoms in total. The molecule has 1 saturated heterocycles. The third-order valence-electron chi connectivity index (χ3n) is 6.50. The highest BCUT2D eigenvalue weighted by atomic mass is 16.3. The number of amides is 2. The number of carbonyl (C=O) groups excluding carboxylic acids is 2. The molecule has 2 N–H and O–H groups in total. The minimum atomic E-state index is -0.568. The number of rotatable bonds is 8. The van der Waals surface area contributed by atoms with Crippen molar-refractivity contribution in [1.29, 1.82) is 0 Å². The summed E-state index contributed by atoms with van der Waals surface area (Å²) in [4.78, 5) is 32.8. The molecule has 0 spiro atoms. The van der Waals surface area contributed by atoms with Gasteiger partial charge in [0.05, 0.1) is 37.1 Å². The van der Waals surface area contributed by atoms with Gasteiger partial charge in [0.1, 0.15) is 12.1 Å². The number of aliphatic hydroxyl groups excluding tert-OH is 1. The Labute approximate surface area is 205 Å². The maximum absolute atomic E-state index is 13.5. The first-order chi connectivity index (χ1) is 16.9. The molecule has 0 unspecified atom stereocenters. The van der Waals surface area contributed by atoms with E-state index in [-0.39, 0.29) is 24.3 Å². The molecule has 4 rings (SSSR count). The van der Waals surface area contributed by atoms with Crippen LogP contribution in [0, 0.1) is 12.8 Å². The maximum Gasteiger partial charge on any atom is 0.246 e. The van der Waals surface area contributed by atoms with Crippen LogP contribution in [-0.4, -0.2) is 60.8 Å². The van der Waals surface area contributed by atoms with Gasteiger partial charge in [-0.1, -0.05) is 38.1 Å². The minimum Gasteiger partial charge on any atom is -0.394 e. The Morgan fingerprint density at radius 2 is 1.91 bits per heavy atom. The molecule has 0 radical (unpaired) electrons. The van der Waals surface area contributed by atoms with E-state index >= 15 is 0 Å². The summed E-state index contributed by atoms with van der Waals surface area (Å²) in [6.45, 7) is 6.17. The van der Waals surface area contributed by atoms with Crippen molar-refractivity contribution in [2.24, 2.45) is 5.92 Å². The van der Waals surface area contributed by atoms with Crippen LogP contribution in [0.15, 0.2) is 55.2 Å². The molecule has 0 aliphatic carbocycles. The van der Waals surface area contributed by atoms with E-state index < -0.39 is 18.1 Å². The average Bonchev–Trinajstić information content (AvgIpc) is 3.52. The minimum absolute atomic E-state index is 0.0414. The fourth-order valence-electron chi connectivity index (χ4n) is 4.69. The number of aryl methyl sites for hydroxylation is 1. The molecule has 3 heterocycles. The molecule has 184 valence electrons. The number of likely N-dealkylation sites (tertiary alicyclic amines) is 1. The zero-order chi connectivity index (χ0) is 24.9. The summed E-state index contributed by atoms with van der Waals surface area (Å²) in [5, 5.41) is 20.7. The van der Waals surface area contributed by atoms with Gasteiger partial charge in [-0.05, 0) is 42.9 Å². The predicted molar refractivity (Wildman–Crippen MR) is 131 cm³/mol. The molecule has 2 amide bonds. The SMILES string of the molecule is Cc1cn([C@H](C(=O)N2CCC[C@H]2C(=O)N[C@@H](CO)c2ccc(-c3ccnnc3)cc2)C(C)C)cn1. The van der Waals surface area contributed by atoms with E-state index in [1.807, 2.05) is 61.9 Å². The Kier molecular flexibility index (Phi) is 7.55. The largest absolute Gasteiger partial charge is 0.394 e. The zero-order valence-electron chi connectivity index (χ0n) is 20.3. The van der Waals surface area contributed by atoms with Crippen LogP contribution in [0.1, 0.15) is 50.0 Å². The normalized spacial score (nSPS) is 17.4. The van der Waals surface area contributed by atoms with Gasteiger partial charge in [0.15, 0.2) is 0 Å². The first-order valence-electron chi connectivity index (χ1n) is 12.0. The second-order valence-corrected chi connectivity index (χ2v) is 9.34. The van der Waals surface area contributed by atoms with Gasteiger partial charge in [0, 0.05) is 18.3 Å². The molecule has 3 atom stereocenters. The van der Waals surface area contributed by atoms with E-state index in [0.29, 0.717) is 13.0 Å². The van der Waals surface area contributed by atoms with Gasteiger partial charge in [-0.3, -0.25) is 9.59 Å². The lowest BCUT2D eigenvalue weighted by atomic mass is 10.0. The topological polar surface area (TPSA) is 113 Å². The number of carbonyl (C=O) groups is 2. The number of benzene rings is 1. The van der Waals surface area contributed by atoms with Crippen molar-refractivity contribution in [3.63, 3.8) is 0 Å². The summed E-state index contributed by atoms with van der Waals surface area (Å²) in [5.74, 6) is -0.285. The smallest absolute Gasteiger partial charge is 0.246 e. The van der Waals surface area contributed by atoms with Crippen molar-refractivity contribution in [3.8, 4) is 11.1 Å². The molecule has 9 heteroatoms. The van der Waals surface area contributed by atoms with E-state index in [0.717, 1.165) is 28.8 Å². The van der Waals surface area contributed by atoms with Gasteiger partial charge in [-0.25, -0.2) is 4.98 Å². The zero-order valence-corrected chi connectivity index (χ0v) is 20.3. The van der Waals surface area contributed by atoms with Gasteiger partial charge >= 0.3 is 0 Å². The van der Waals surface area contributed by atoms with E-state index in [1.165, 1.54) is 0 Å². The fraction of sp³-hybridized carbons (Fsp3) is 0.423. The van der Waals surface area contributed by atoms with Crippen LogP contribution >= 0.6 is 0 Å².